The first kappa shape index (κ1) is 10.0. The van der Waals surface area contributed by atoms with Crippen LogP contribution in [0.3, 0.4) is 0 Å². The molecule has 2 nitrogen and oxygen atoms in total. The van der Waals surface area contributed by atoms with Crippen LogP contribution in [0.1, 0.15) is 32.6 Å². The Hall–Kier alpha value is -0.0600. The predicted octanol–water partition coefficient (Wildman–Crippen LogP) is 3.02. The van der Waals surface area contributed by atoms with E-state index >= 15 is 0 Å². The van der Waals surface area contributed by atoms with E-state index in [1.54, 1.807) is 0 Å². The van der Waals surface area contributed by atoms with Crippen LogP contribution in [0.4, 0.5) is 0 Å². The molecule has 0 spiro atoms. The normalized spacial score (nSPS) is 26.3. The van der Waals surface area contributed by atoms with Gasteiger partial charge >= 0.3 is 5.97 Å². The van der Waals surface area contributed by atoms with Crippen LogP contribution < -0.4 is 0 Å². The van der Waals surface area contributed by atoms with Gasteiger partial charge in [0, 0.05) is 10.5 Å². The maximum Gasteiger partial charge on any atom is 0.314 e. The molecule has 0 bridgehead atoms. The molecule has 12 heavy (non-hydrogen) atoms. The fraction of sp³-hybridized carbons (Fsp3) is 0.667. The van der Waals surface area contributed by atoms with Crippen molar-refractivity contribution < 1.29 is 9.53 Å². The summed E-state index contributed by atoms with van der Waals surface area (Å²) in [4.78, 5) is 11.2. The van der Waals surface area contributed by atoms with Crippen LogP contribution in [0, 0.1) is 5.92 Å². The van der Waals surface area contributed by atoms with E-state index in [0.29, 0.717) is 0 Å². The lowest BCUT2D eigenvalue weighted by atomic mass is 10.0. The molecule has 0 radical (unpaired) electrons. The number of rotatable bonds is 3. The van der Waals surface area contributed by atoms with Crippen LogP contribution in [0.5, 0.6) is 0 Å². The molecule has 3 heteroatoms. The summed E-state index contributed by atoms with van der Waals surface area (Å²) in [7, 11) is 0. The number of hydrogen-bond donors (Lipinski definition) is 0. The van der Waals surface area contributed by atoms with Crippen LogP contribution >= 0.6 is 22.6 Å². The first-order valence-corrected chi connectivity index (χ1v) is 5.53. The monoisotopic (exact) mass is 280 g/mol. The van der Waals surface area contributed by atoms with Gasteiger partial charge in [0.1, 0.15) is 5.76 Å². The number of halogens is 1. The first-order chi connectivity index (χ1) is 5.77. The van der Waals surface area contributed by atoms with Crippen molar-refractivity contribution in [2.75, 3.05) is 0 Å². The Balaban J connectivity index is 2.41. The van der Waals surface area contributed by atoms with Crippen LogP contribution in [0.2, 0.25) is 0 Å². The molecule has 0 saturated carbocycles. The smallest absolute Gasteiger partial charge is 0.314 e. The van der Waals surface area contributed by atoms with Gasteiger partial charge in [-0.3, -0.25) is 4.79 Å². The summed E-state index contributed by atoms with van der Waals surface area (Å²) in [6, 6.07) is 0. The van der Waals surface area contributed by atoms with E-state index in [2.05, 4.69) is 29.5 Å². The van der Waals surface area contributed by atoms with Gasteiger partial charge in [-0.15, -0.1) is 0 Å². The molecule has 1 rings (SSSR count). The highest BCUT2D eigenvalue weighted by atomic mass is 127. The second kappa shape index (κ2) is 4.84. The summed E-state index contributed by atoms with van der Waals surface area (Å²) in [5, 5.41) is 0. The summed E-state index contributed by atoms with van der Waals surface area (Å²) in [5.41, 5.74) is 0. The molecule has 1 aliphatic rings. The third-order valence-corrected chi connectivity index (χ3v) is 2.74. The lowest BCUT2D eigenvalue weighted by molar-refractivity contribution is -0.139. The van der Waals surface area contributed by atoms with Crippen LogP contribution in [0.15, 0.2) is 9.84 Å². The van der Waals surface area contributed by atoms with Crippen molar-refractivity contribution in [2.24, 2.45) is 5.92 Å². The van der Waals surface area contributed by atoms with Crippen molar-refractivity contribution in [2.45, 2.75) is 32.6 Å². The van der Waals surface area contributed by atoms with Gasteiger partial charge in [-0.1, -0.05) is 19.8 Å². The Bertz CT molecular complexity index is 199. The summed E-state index contributed by atoms with van der Waals surface area (Å²) in [6.07, 6.45) is 4.05. The molecule has 1 saturated heterocycles. The third-order valence-electron chi connectivity index (χ3n) is 2.04. The molecule has 1 aliphatic heterocycles. The summed E-state index contributed by atoms with van der Waals surface area (Å²) >= 11 is 2.11. The van der Waals surface area contributed by atoms with Gasteiger partial charge in [0.05, 0.1) is 5.92 Å². The zero-order chi connectivity index (χ0) is 8.97. The third kappa shape index (κ3) is 2.47. The zero-order valence-corrected chi connectivity index (χ0v) is 9.34. The first-order valence-electron chi connectivity index (χ1n) is 4.29. The molecule has 1 unspecified atom stereocenters. The molecular weight excluding hydrogens is 267 g/mol. The lowest BCUT2D eigenvalue weighted by Crippen LogP contribution is -2.06. The van der Waals surface area contributed by atoms with E-state index < -0.39 is 0 Å². The Labute approximate surface area is 86.5 Å². The topological polar surface area (TPSA) is 26.3 Å². The van der Waals surface area contributed by atoms with Crippen molar-refractivity contribution in [3.8, 4) is 0 Å². The number of carbonyl (C=O) groups excluding carboxylic acids is 1. The SMILES string of the molecule is CCCCC1CC(=CI)OC1=O. The maximum atomic E-state index is 11.2. The molecule has 1 atom stereocenters. The van der Waals surface area contributed by atoms with Gasteiger partial charge in [-0.2, -0.15) is 0 Å². The van der Waals surface area contributed by atoms with E-state index in [1.165, 1.54) is 0 Å². The van der Waals surface area contributed by atoms with Gasteiger partial charge in [0.25, 0.3) is 0 Å². The number of unbranched alkanes of at least 4 members (excludes halogenated alkanes) is 1. The molecular formula is C9H13IO2. The van der Waals surface area contributed by atoms with Gasteiger partial charge < -0.3 is 4.74 Å². The minimum Gasteiger partial charge on any atom is -0.430 e. The molecule has 0 N–H and O–H groups in total. The van der Waals surface area contributed by atoms with E-state index in [4.69, 9.17) is 4.74 Å². The number of esters is 1. The molecule has 0 aromatic carbocycles. The average molecular weight is 280 g/mol. The van der Waals surface area contributed by atoms with Crippen molar-refractivity contribution in [1.82, 2.24) is 0 Å². The summed E-state index contributed by atoms with van der Waals surface area (Å²) in [5.74, 6) is 0.930. The molecule has 0 aliphatic carbocycles. The fourth-order valence-electron chi connectivity index (χ4n) is 1.32. The highest BCUT2D eigenvalue weighted by Crippen LogP contribution is 2.28. The van der Waals surface area contributed by atoms with Gasteiger partial charge in [-0.05, 0) is 29.0 Å². The van der Waals surface area contributed by atoms with E-state index in [0.717, 1.165) is 31.4 Å². The van der Waals surface area contributed by atoms with Crippen molar-refractivity contribution in [1.29, 1.82) is 0 Å². The van der Waals surface area contributed by atoms with Crippen LogP contribution in [0.25, 0.3) is 0 Å². The van der Waals surface area contributed by atoms with E-state index in [9.17, 15) is 4.79 Å². The standard InChI is InChI=1S/C9H13IO2/c1-2-3-4-7-5-8(6-10)12-9(7)11/h6-7H,2-5H2,1H3. The van der Waals surface area contributed by atoms with Gasteiger partial charge in [0.2, 0.25) is 0 Å². The second-order valence-corrected chi connectivity index (χ2v) is 3.66. The number of carbonyl (C=O) groups is 1. The summed E-state index contributed by atoms with van der Waals surface area (Å²) in [6.45, 7) is 2.13. The van der Waals surface area contributed by atoms with E-state index in [1.807, 2.05) is 4.08 Å². The number of hydrogen-bond acceptors (Lipinski definition) is 2. The summed E-state index contributed by atoms with van der Waals surface area (Å²) < 4.78 is 6.88. The Morgan fingerprint density at radius 2 is 2.50 bits per heavy atom. The van der Waals surface area contributed by atoms with Gasteiger partial charge in [-0.25, -0.2) is 0 Å². The minimum absolute atomic E-state index is 0.0358. The number of ether oxygens (including phenoxy) is 1. The largest absolute Gasteiger partial charge is 0.430 e. The second-order valence-electron chi connectivity index (χ2n) is 3.04. The predicted molar refractivity (Wildman–Crippen MR) is 55.8 cm³/mol. The van der Waals surface area contributed by atoms with Crippen molar-refractivity contribution in [3.05, 3.63) is 9.84 Å². The number of cyclic esters (lactones) is 1. The Morgan fingerprint density at radius 3 is 3.00 bits per heavy atom. The highest BCUT2D eigenvalue weighted by molar-refractivity contribution is 14.1. The average Bonchev–Trinajstić information content (AvgIpc) is 2.43. The molecule has 0 aromatic rings. The fourth-order valence-corrected chi connectivity index (χ4v) is 1.70. The van der Waals surface area contributed by atoms with Crippen molar-refractivity contribution >= 4 is 28.6 Å². The molecule has 1 heterocycles. The van der Waals surface area contributed by atoms with Crippen LogP contribution in [-0.4, -0.2) is 5.97 Å². The molecule has 68 valence electrons. The maximum absolute atomic E-state index is 11.2. The van der Waals surface area contributed by atoms with Crippen molar-refractivity contribution in [3.63, 3.8) is 0 Å². The Kier molecular flexibility index (Phi) is 4.05. The molecule has 0 aromatic heterocycles. The molecule has 1 fully saturated rings. The lowest BCUT2D eigenvalue weighted by Gasteiger charge is -2.00. The zero-order valence-electron chi connectivity index (χ0n) is 7.18. The minimum atomic E-state index is -0.0358. The highest BCUT2D eigenvalue weighted by Gasteiger charge is 2.29. The molecule has 0 amide bonds. The number of allylic oxidation sites excluding steroid dienone is 1. The van der Waals surface area contributed by atoms with Gasteiger partial charge in [0.15, 0.2) is 0 Å². The Morgan fingerprint density at radius 1 is 1.75 bits per heavy atom. The quantitative estimate of drug-likeness (QED) is 0.586. The van der Waals surface area contributed by atoms with Crippen LogP contribution in [-0.2, 0) is 9.53 Å². The van der Waals surface area contributed by atoms with E-state index in [-0.39, 0.29) is 11.9 Å².